The number of aliphatic hydroxyl groups excluding tert-OH is 3. The van der Waals surface area contributed by atoms with Gasteiger partial charge in [0.25, 0.3) is 5.56 Å². The minimum Gasteiger partial charge on any atom is -0.394 e. The van der Waals surface area contributed by atoms with Gasteiger partial charge in [-0.15, -0.1) is 0 Å². The molecule has 0 amide bonds. The topological polar surface area (TPSA) is 120 Å². The fourth-order valence-electron chi connectivity index (χ4n) is 2.14. The highest BCUT2D eigenvalue weighted by atomic mass is 32.1. The maximum absolute atomic E-state index is 11.7. The van der Waals surface area contributed by atoms with Gasteiger partial charge in [0.2, 0.25) is 0 Å². The normalized spacial score (nSPS) is 29.8. The van der Waals surface area contributed by atoms with Gasteiger partial charge in [-0.25, -0.2) is 0 Å². The summed E-state index contributed by atoms with van der Waals surface area (Å²) < 4.78 is 6.82. The van der Waals surface area contributed by atoms with Gasteiger partial charge >= 0.3 is 0 Å². The smallest absolute Gasteiger partial charge is 0.256 e. The monoisotopic (exact) mass is 303 g/mol. The Morgan fingerprint density at radius 1 is 1.50 bits per heavy atom. The molecule has 4 atom stereocenters. The summed E-state index contributed by atoms with van der Waals surface area (Å²) in [5.41, 5.74) is 0.0891. The van der Waals surface area contributed by atoms with Crippen LogP contribution in [0.2, 0.25) is 0 Å². The van der Waals surface area contributed by atoms with Crippen molar-refractivity contribution in [1.82, 2.24) is 14.9 Å². The molecule has 9 heteroatoms. The van der Waals surface area contributed by atoms with Crippen molar-refractivity contribution in [2.45, 2.75) is 31.1 Å². The lowest BCUT2D eigenvalue weighted by Crippen LogP contribution is -2.33. The molecule has 112 valence electrons. The second-order valence-electron chi connectivity index (χ2n) is 4.58. The van der Waals surface area contributed by atoms with Crippen LogP contribution in [-0.2, 0) is 11.3 Å². The molecule has 1 aliphatic rings. The van der Waals surface area contributed by atoms with E-state index in [4.69, 9.17) is 22.1 Å². The average molecular weight is 303 g/mol. The van der Waals surface area contributed by atoms with Gasteiger partial charge in [-0.2, -0.15) is 0 Å². The van der Waals surface area contributed by atoms with E-state index in [2.05, 4.69) is 10.3 Å². The highest BCUT2D eigenvalue weighted by molar-refractivity contribution is 7.71. The number of nitrogens with one attached hydrogen (secondary N) is 2. The van der Waals surface area contributed by atoms with E-state index in [1.807, 2.05) is 0 Å². The zero-order valence-electron chi connectivity index (χ0n) is 10.8. The van der Waals surface area contributed by atoms with Crippen LogP contribution >= 0.6 is 12.2 Å². The van der Waals surface area contributed by atoms with Crippen molar-refractivity contribution < 1.29 is 20.1 Å². The Morgan fingerprint density at radius 2 is 2.20 bits per heavy atom. The SMILES string of the molecule is CNCc1cn(C2O[C@H](CO)[C@@H](O)[C@H]2O)c(=S)[nH]c1=O. The van der Waals surface area contributed by atoms with Gasteiger partial charge < -0.3 is 25.4 Å². The number of H-pyrrole nitrogens is 1. The molecule has 0 radical (unpaired) electrons. The van der Waals surface area contributed by atoms with Crippen LogP contribution in [0.25, 0.3) is 0 Å². The van der Waals surface area contributed by atoms with Crippen LogP contribution in [0.15, 0.2) is 11.0 Å². The fourth-order valence-corrected chi connectivity index (χ4v) is 2.39. The van der Waals surface area contributed by atoms with Gasteiger partial charge in [0.05, 0.1) is 6.61 Å². The molecule has 1 unspecified atom stereocenters. The number of aliphatic hydroxyl groups is 3. The van der Waals surface area contributed by atoms with Gasteiger partial charge in [0, 0.05) is 18.3 Å². The Labute approximate surface area is 119 Å². The van der Waals surface area contributed by atoms with Gasteiger partial charge in [-0.3, -0.25) is 14.3 Å². The van der Waals surface area contributed by atoms with Gasteiger partial charge in [0.1, 0.15) is 18.3 Å². The Morgan fingerprint density at radius 3 is 2.75 bits per heavy atom. The first kappa shape index (κ1) is 15.3. The molecule has 0 spiro atoms. The highest BCUT2D eigenvalue weighted by Crippen LogP contribution is 2.29. The van der Waals surface area contributed by atoms with Crippen molar-refractivity contribution in [3.05, 3.63) is 26.9 Å². The van der Waals surface area contributed by atoms with E-state index in [1.165, 1.54) is 10.8 Å². The number of rotatable bonds is 4. The standard InChI is InChI=1S/C11H17N3O5S/c1-12-2-5-3-14(11(20)13-9(5)18)10-8(17)7(16)6(4-15)19-10/h3,6-8,10,12,15-17H,2,4H2,1H3,(H,13,18,20)/t6-,7-,8-,10?/m1/s1. The molecule has 1 aliphatic heterocycles. The first-order valence-corrected chi connectivity index (χ1v) is 6.51. The summed E-state index contributed by atoms with van der Waals surface area (Å²) in [6, 6.07) is 0. The van der Waals surface area contributed by atoms with Crippen molar-refractivity contribution >= 4 is 12.2 Å². The summed E-state index contributed by atoms with van der Waals surface area (Å²) in [7, 11) is 1.69. The summed E-state index contributed by atoms with van der Waals surface area (Å²) in [5, 5.41) is 31.6. The van der Waals surface area contributed by atoms with E-state index in [1.54, 1.807) is 7.05 Å². The average Bonchev–Trinajstić information content (AvgIpc) is 2.70. The highest BCUT2D eigenvalue weighted by Gasteiger charge is 2.43. The first-order chi connectivity index (χ1) is 9.49. The maximum Gasteiger partial charge on any atom is 0.256 e. The van der Waals surface area contributed by atoms with Crippen molar-refractivity contribution in [1.29, 1.82) is 0 Å². The van der Waals surface area contributed by atoms with Gasteiger partial charge in [0.15, 0.2) is 11.0 Å². The minimum atomic E-state index is -1.24. The number of aromatic nitrogens is 2. The Kier molecular flexibility index (Phi) is 4.68. The van der Waals surface area contributed by atoms with E-state index in [0.717, 1.165) is 0 Å². The second kappa shape index (κ2) is 6.12. The summed E-state index contributed by atoms with van der Waals surface area (Å²) in [6.45, 7) is -0.103. The molecular formula is C11H17N3O5S. The van der Waals surface area contributed by atoms with Crippen LogP contribution in [0.1, 0.15) is 11.8 Å². The lowest BCUT2D eigenvalue weighted by molar-refractivity contribution is -0.0542. The van der Waals surface area contributed by atoms with E-state index < -0.39 is 31.1 Å². The van der Waals surface area contributed by atoms with Crippen molar-refractivity contribution in [3.8, 4) is 0 Å². The minimum absolute atomic E-state index is 0.0738. The zero-order chi connectivity index (χ0) is 14.9. The molecule has 20 heavy (non-hydrogen) atoms. The summed E-state index contributed by atoms with van der Waals surface area (Å²) in [4.78, 5) is 14.2. The lowest BCUT2D eigenvalue weighted by atomic mass is 10.1. The van der Waals surface area contributed by atoms with Crippen molar-refractivity contribution in [2.24, 2.45) is 0 Å². The van der Waals surface area contributed by atoms with Crippen molar-refractivity contribution in [2.75, 3.05) is 13.7 Å². The molecule has 2 heterocycles. The third-order valence-corrected chi connectivity index (χ3v) is 3.51. The summed E-state index contributed by atoms with van der Waals surface area (Å²) >= 11 is 5.04. The Bertz CT molecular complexity index is 586. The third kappa shape index (κ3) is 2.68. The molecule has 0 aromatic carbocycles. The number of nitrogens with zero attached hydrogens (tertiary/aromatic N) is 1. The summed E-state index contributed by atoms with van der Waals surface area (Å²) in [6.07, 6.45) is -2.84. The molecule has 1 fully saturated rings. The molecule has 0 bridgehead atoms. The molecule has 1 aromatic heterocycles. The molecule has 5 N–H and O–H groups in total. The van der Waals surface area contributed by atoms with Gasteiger partial charge in [-0.1, -0.05) is 0 Å². The number of hydrogen-bond donors (Lipinski definition) is 5. The van der Waals surface area contributed by atoms with Crippen LogP contribution in [0.5, 0.6) is 0 Å². The predicted molar refractivity (Wildman–Crippen MR) is 71.7 cm³/mol. The lowest BCUT2D eigenvalue weighted by Gasteiger charge is -2.19. The molecule has 8 nitrogen and oxygen atoms in total. The van der Waals surface area contributed by atoms with E-state index in [9.17, 15) is 15.0 Å². The molecule has 0 aliphatic carbocycles. The van der Waals surface area contributed by atoms with E-state index >= 15 is 0 Å². The Hall–Kier alpha value is -1.10. The number of ether oxygens (including phenoxy) is 1. The quantitative estimate of drug-likeness (QED) is 0.418. The largest absolute Gasteiger partial charge is 0.394 e. The van der Waals surface area contributed by atoms with E-state index in [0.29, 0.717) is 12.1 Å². The molecule has 1 aromatic rings. The zero-order valence-corrected chi connectivity index (χ0v) is 11.6. The number of aromatic amines is 1. The maximum atomic E-state index is 11.7. The molecular weight excluding hydrogens is 286 g/mol. The predicted octanol–water partition coefficient (Wildman–Crippen LogP) is -1.76. The fraction of sp³-hybridized carbons (Fsp3) is 0.636. The molecule has 1 saturated heterocycles. The number of hydrogen-bond acceptors (Lipinski definition) is 7. The molecule has 2 rings (SSSR count). The van der Waals surface area contributed by atoms with Crippen LogP contribution < -0.4 is 10.9 Å². The first-order valence-electron chi connectivity index (χ1n) is 6.11. The van der Waals surface area contributed by atoms with Crippen LogP contribution in [0, 0.1) is 4.77 Å². The van der Waals surface area contributed by atoms with Crippen molar-refractivity contribution in [3.63, 3.8) is 0 Å². The Balaban J connectivity index is 2.40. The van der Waals surface area contributed by atoms with E-state index in [-0.39, 0.29) is 10.3 Å². The van der Waals surface area contributed by atoms with Crippen LogP contribution in [0.3, 0.4) is 0 Å². The molecule has 0 saturated carbocycles. The van der Waals surface area contributed by atoms with Crippen LogP contribution in [-0.4, -0.2) is 56.8 Å². The summed E-state index contributed by atoms with van der Waals surface area (Å²) in [5.74, 6) is 0. The second-order valence-corrected chi connectivity index (χ2v) is 4.97. The van der Waals surface area contributed by atoms with Crippen LogP contribution in [0.4, 0.5) is 0 Å². The third-order valence-electron chi connectivity index (χ3n) is 3.20. The van der Waals surface area contributed by atoms with Gasteiger partial charge in [-0.05, 0) is 19.3 Å².